The number of methoxy groups -OCH3 is 1. The number of hydrogen-bond acceptors (Lipinski definition) is 8. The number of rotatable bonds is 8. The molecule has 1 fully saturated rings. The lowest BCUT2D eigenvalue weighted by atomic mass is 10.0. The standard InChI is InChI=1S/C27H27N7O4/c1-16-10-11-21(25(36)30-16)34-15-18-17(26(34)37)6-5-8-19(18)31-24(35)14-29-23-12-13-28-27(33-23)32-20-7-3-4-9-22(20)38-2/h3-9,12-13,21H,1,10-11,14-15H2,2H3,(H,30,36)(H,31,35)(H2,28,29,32,33). The maximum Gasteiger partial charge on any atom is 0.255 e. The molecule has 0 bridgehead atoms. The number of hydrogen-bond donors (Lipinski definition) is 4. The monoisotopic (exact) mass is 513 g/mol. The van der Waals surface area contributed by atoms with Crippen LogP contribution in [0.25, 0.3) is 0 Å². The summed E-state index contributed by atoms with van der Waals surface area (Å²) in [4.78, 5) is 48.5. The van der Waals surface area contributed by atoms with Crippen LogP contribution in [0.1, 0.15) is 28.8 Å². The number of fused-ring (bicyclic) bond motifs is 1. The topological polar surface area (TPSA) is 138 Å². The van der Waals surface area contributed by atoms with E-state index in [1.165, 1.54) is 0 Å². The molecule has 0 aliphatic carbocycles. The number of amides is 3. The van der Waals surface area contributed by atoms with Gasteiger partial charge in [0.05, 0.1) is 19.3 Å². The van der Waals surface area contributed by atoms with E-state index in [2.05, 4.69) is 37.8 Å². The molecule has 2 aliphatic rings. The Labute approximate surface area is 219 Å². The Balaban J connectivity index is 1.22. The van der Waals surface area contributed by atoms with Crippen LogP contribution < -0.4 is 26.0 Å². The molecule has 38 heavy (non-hydrogen) atoms. The molecular weight excluding hydrogens is 486 g/mol. The highest BCUT2D eigenvalue weighted by molar-refractivity contribution is 6.04. The van der Waals surface area contributed by atoms with Crippen LogP contribution >= 0.6 is 0 Å². The molecule has 2 aliphatic heterocycles. The molecule has 3 amide bonds. The molecule has 0 radical (unpaired) electrons. The number of benzene rings is 2. The molecular formula is C27H27N7O4. The first kappa shape index (κ1) is 24.8. The molecule has 11 heteroatoms. The molecule has 194 valence electrons. The van der Waals surface area contributed by atoms with Gasteiger partial charge in [0.15, 0.2) is 0 Å². The second kappa shape index (κ2) is 10.6. The van der Waals surface area contributed by atoms with E-state index in [1.807, 2.05) is 24.3 Å². The van der Waals surface area contributed by atoms with Gasteiger partial charge < -0.3 is 30.9 Å². The lowest BCUT2D eigenvalue weighted by Crippen LogP contribution is -2.49. The lowest BCUT2D eigenvalue weighted by molar-refractivity contribution is -0.126. The summed E-state index contributed by atoms with van der Waals surface area (Å²) in [5.41, 5.74) is 3.07. The van der Waals surface area contributed by atoms with Gasteiger partial charge in [-0.2, -0.15) is 4.98 Å². The molecule has 1 aromatic heterocycles. The molecule has 4 N–H and O–H groups in total. The molecule has 11 nitrogen and oxygen atoms in total. The first-order valence-electron chi connectivity index (χ1n) is 12.1. The Kier molecular flexibility index (Phi) is 6.90. The smallest absolute Gasteiger partial charge is 0.255 e. The van der Waals surface area contributed by atoms with Crippen molar-refractivity contribution in [3.8, 4) is 5.75 Å². The van der Waals surface area contributed by atoms with Crippen LogP contribution in [0.5, 0.6) is 5.75 Å². The number of allylic oxidation sites excluding steroid dienone is 1. The van der Waals surface area contributed by atoms with Crippen LogP contribution in [-0.4, -0.2) is 52.3 Å². The number of nitrogens with zero attached hydrogens (tertiary/aromatic N) is 3. The Morgan fingerprint density at radius 3 is 2.79 bits per heavy atom. The van der Waals surface area contributed by atoms with Gasteiger partial charge in [0.1, 0.15) is 17.6 Å². The number of carbonyl (C=O) groups is 3. The Morgan fingerprint density at radius 2 is 1.97 bits per heavy atom. The third-order valence-corrected chi connectivity index (χ3v) is 6.41. The number of aromatic nitrogens is 2. The van der Waals surface area contributed by atoms with E-state index in [1.54, 1.807) is 42.5 Å². The number of para-hydroxylation sites is 2. The second-order valence-electron chi connectivity index (χ2n) is 8.90. The highest BCUT2D eigenvalue weighted by Gasteiger charge is 2.39. The van der Waals surface area contributed by atoms with Gasteiger partial charge in [-0.25, -0.2) is 4.98 Å². The summed E-state index contributed by atoms with van der Waals surface area (Å²) in [5, 5.41) is 11.7. The van der Waals surface area contributed by atoms with Gasteiger partial charge in [0.25, 0.3) is 5.91 Å². The summed E-state index contributed by atoms with van der Waals surface area (Å²) in [7, 11) is 1.58. The van der Waals surface area contributed by atoms with E-state index in [0.717, 1.165) is 0 Å². The van der Waals surface area contributed by atoms with Crippen molar-refractivity contribution in [2.45, 2.75) is 25.4 Å². The molecule has 3 aromatic rings. The largest absolute Gasteiger partial charge is 0.495 e. The molecule has 0 spiro atoms. The fourth-order valence-corrected chi connectivity index (χ4v) is 4.53. The predicted octanol–water partition coefficient (Wildman–Crippen LogP) is 3.03. The van der Waals surface area contributed by atoms with Gasteiger partial charge in [-0.05, 0) is 43.2 Å². The zero-order valence-corrected chi connectivity index (χ0v) is 20.8. The van der Waals surface area contributed by atoms with Gasteiger partial charge in [-0.3, -0.25) is 14.4 Å². The minimum Gasteiger partial charge on any atom is -0.495 e. The molecule has 1 atom stereocenters. The van der Waals surface area contributed by atoms with Gasteiger partial charge in [-0.1, -0.05) is 24.8 Å². The van der Waals surface area contributed by atoms with Gasteiger partial charge >= 0.3 is 0 Å². The van der Waals surface area contributed by atoms with E-state index < -0.39 is 6.04 Å². The van der Waals surface area contributed by atoms with Crippen molar-refractivity contribution in [3.05, 3.63) is 78.1 Å². The minimum absolute atomic E-state index is 0.0560. The Bertz CT molecular complexity index is 1420. The van der Waals surface area contributed by atoms with E-state index in [-0.39, 0.29) is 30.8 Å². The van der Waals surface area contributed by atoms with Crippen molar-refractivity contribution >= 4 is 40.9 Å². The van der Waals surface area contributed by atoms with Crippen molar-refractivity contribution in [1.82, 2.24) is 20.2 Å². The van der Waals surface area contributed by atoms with Crippen molar-refractivity contribution in [3.63, 3.8) is 0 Å². The first-order chi connectivity index (χ1) is 18.4. The third-order valence-electron chi connectivity index (χ3n) is 6.41. The van der Waals surface area contributed by atoms with E-state index >= 15 is 0 Å². The Morgan fingerprint density at radius 1 is 1.16 bits per heavy atom. The molecule has 2 aromatic carbocycles. The van der Waals surface area contributed by atoms with Crippen LogP contribution in [0, 0.1) is 0 Å². The predicted molar refractivity (Wildman–Crippen MR) is 142 cm³/mol. The number of anilines is 4. The quantitative estimate of drug-likeness (QED) is 0.361. The fraction of sp³-hybridized carbons (Fsp3) is 0.222. The van der Waals surface area contributed by atoms with Crippen molar-refractivity contribution in [2.24, 2.45) is 0 Å². The summed E-state index contributed by atoms with van der Waals surface area (Å²) in [6.45, 7) is 3.98. The summed E-state index contributed by atoms with van der Waals surface area (Å²) in [6.07, 6.45) is 2.71. The maximum atomic E-state index is 13.0. The molecule has 1 saturated heterocycles. The lowest BCUT2D eigenvalue weighted by Gasteiger charge is -2.31. The van der Waals surface area contributed by atoms with Crippen molar-refractivity contribution in [1.29, 1.82) is 0 Å². The SMILES string of the molecule is C=C1CCC(N2Cc3c(NC(=O)CNc4ccnc(Nc5ccccc5OC)n4)cccc3C2=O)C(=O)N1. The van der Waals surface area contributed by atoms with Crippen molar-refractivity contribution < 1.29 is 19.1 Å². The number of ether oxygens (including phenoxy) is 1. The summed E-state index contributed by atoms with van der Waals surface area (Å²) < 4.78 is 5.34. The van der Waals surface area contributed by atoms with Crippen LogP contribution in [0.4, 0.5) is 23.1 Å². The average molecular weight is 514 g/mol. The third kappa shape index (κ3) is 5.12. The van der Waals surface area contributed by atoms with E-state index in [4.69, 9.17) is 4.74 Å². The summed E-state index contributed by atoms with van der Waals surface area (Å²) in [6, 6.07) is 13.7. The summed E-state index contributed by atoms with van der Waals surface area (Å²) in [5.74, 6) is 0.677. The highest BCUT2D eigenvalue weighted by Crippen LogP contribution is 2.33. The molecule has 1 unspecified atom stereocenters. The second-order valence-corrected chi connectivity index (χ2v) is 8.90. The highest BCUT2D eigenvalue weighted by atomic mass is 16.5. The van der Waals surface area contributed by atoms with Gasteiger partial charge in [0, 0.05) is 35.3 Å². The van der Waals surface area contributed by atoms with Crippen LogP contribution in [-0.2, 0) is 16.1 Å². The van der Waals surface area contributed by atoms with Crippen LogP contribution in [0.2, 0.25) is 0 Å². The normalized spacial score (nSPS) is 16.5. The Hall–Kier alpha value is -4.93. The zero-order chi connectivity index (χ0) is 26.6. The maximum absolute atomic E-state index is 13.0. The number of nitrogens with one attached hydrogen (secondary N) is 4. The average Bonchev–Trinajstić information content (AvgIpc) is 3.25. The van der Waals surface area contributed by atoms with Gasteiger partial charge in [0.2, 0.25) is 17.8 Å². The van der Waals surface area contributed by atoms with E-state index in [0.29, 0.717) is 58.6 Å². The van der Waals surface area contributed by atoms with Crippen LogP contribution in [0.15, 0.2) is 67.0 Å². The number of piperidine rings is 1. The number of carbonyl (C=O) groups excluding carboxylic acids is 3. The molecule has 3 heterocycles. The van der Waals surface area contributed by atoms with Crippen molar-refractivity contribution in [2.75, 3.05) is 29.6 Å². The first-order valence-corrected chi connectivity index (χ1v) is 12.1. The van der Waals surface area contributed by atoms with Gasteiger partial charge in [-0.15, -0.1) is 0 Å². The molecule has 5 rings (SSSR count). The van der Waals surface area contributed by atoms with E-state index in [9.17, 15) is 14.4 Å². The molecule has 0 saturated carbocycles. The minimum atomic E-state index is -0.568. The summed E-state index contributed by atoms with van der Waals surface area (Å²) >= 11 is 0. The van der Waals surface area contributed by atoms with Crippen LogP contribution in [0.3, 0.4) is 0 Å². The zero-order valence-electron chi connectivity index (χ0n) is 20.8. The fourth-order valence-electron chi connectivity index (χ4n) is 4.53.